The predicted octanol–water partition coefficient (Wildman–Crippen LogP) is 1.98. The molecule has 3 aromatic rings. The van der Waals surface area contributed by atoms with Crippen molar-refractivity contribution < 1.29 is 4.42 Å². The van der Waals surface area contributed by atoms with Crippen LogP contribution in [0.3, 0.4) is 0 Å². The van der Waals surface area contributed by atoms with E-state index in [0.29, 0.717) is 23.2 Å². The molecule has 0 radical (unpaired) electrons. The fourth-order valence-electron chi connectivity index (χ4n) is 2.40. The van der Waals surface area contributed by atoms with E-state index in [1.54, 1.807) is 12.3 Å². The quantitative estimate of drug-likeness (QED) is 0.676. The van der Waals surface area contributed by atoms with Crippen LogP contribution in [-0.4, -0.2) is 32.7 Å². The topological polar surface area (TPSA) is 94.3 Å². The number of hydrogen-bond acceptors (Lipinski definition) is 6. The average Bonchev–Trinajstić information content (AvgIpc) is 3.02. The van der Waals surface area contributed by atoms with Gasteiger partial charge < -0.3 is 15.5 Å². The van der Waals surface area contributed by atoms with Crippen molar-refractivity contribution in [1.29, 1.82) is 0 Å². The lowest BCUT2D eigenvalue weighted by molar-refractivity contribution is 0.577. The molecule has 0 aliphatic heterocycles. The van der Waals surface area contributed by atoms with Gasteiger partial charge in [0.25, 0.3) is 0 Å². The van der Waals surface area contributed by atoms with Gasteiger partial charge in [-0.2, -0.15) is 4.52 Å². The van der Waals surface area contributed by atoms with Gasteiger partial charge in [0.1, 0.15) is 0 Å². The van der Waals surface area contributed by atoms with Gasteiger partial charge in [-0.05, 0) is 43.5 Å². The Balaban J connectivity index is 1.52. The maximum atomic E-state index is 5.97. The summed E-state index contributed by atoms with van der Waals surface area (Å²) in [5.74, 6) is 2.29. The highest BCUT2D eigenvalue weighted by Gasteiger charge is 2.19. The number of fused-ring (bicyclic) bond motifs is 1. The number of nitrogens with zero attached hydrogens (tertiary/aromatic N) is 4. The maximum Gasteiger partial charge on any atom is 0.223 e. The molecule has 1 aliphatic rings. The van der Waals surface area contributed by atoms with Gasteiger partial charge in [-0.15, -0.1) is 5.10 Å². The zero-order valence-corrected chi connectivity index (χ0v) is 12.6. The number of nitrogens with two attached hydrogens (primary N) is 1. The number of furan rings is 1. The minimum atomic E-state index is 0.304. The molecule has 1 aliphatic carbocycles. The number of rotatable bonds is 6. The predicted molar refractivity (Wildman–Crippen MR) is 87.5 cm³/mol. The highest BCUT2D eigenvalue weighted by atomic mass is 16.3. The van der Waals surface area contributed by atoms with Gasteiger partial charge in [0.05, 0.1) is 12.0 Å². The molecular formula is C16H18N6O. The average molecular weight is 310 g/mol. The lowest BCUT2D eigenvalue weighted by atomic mass is 10.3. The van der Waals surface area contributed by atoms with Crippen molar-refractivity contribution in [1.82, 2.24) is 24.9 Å². The number of hydrogen-bond donors (Lipinski definition) is 2. The summed E-state index contributed by atoms with van der Waals surface area (Å²) in [5.41, 5.74) is 7.38. The molecule has 3 heterocycles. The van der Waals surface area contributed by atoms with E-state index >= 15 is 0 Å². The molecule has 7 nitrogen and oxygen atoms in total. The summed E-state index contributed by atoms with van der Waals surface area (Å²) in [4.78, 5) is 8.78. The second-order valence-corrected chi connectivity index (χ2v) is 5.73. The van der Waals surface area contributed by atoms with Crippen molar-refractivity contribution >= 4 is 17.7 Å². The molecule has 0 unspecified atom stereocenters. The van der Waals surface area contributed by atoms with E-state index in [9.17, 15) is 0 Å². The molecule has 1 saturated carbocycles. The first-order chi connectivity index (χ1) is 11.3. The summed E-state index contributed by atoms with van der Waals surface area (Å²) in [6, 6.07) is 5.46. The molecule has 4 rings (SSSR count). The number of nitrogens with one attached hydrogen (secondary N) is 1. The van der Waals surface area contributed by atoms with E-state index in [2.05, 4.69) is 20.4 Å². The first-order valence-electron chi connectivity index (χ1n) is 7.74. The normalized spacial score (nSPS) is 15.0. The number of anilines is 1. The van der Waals surface area contributed by atoms with Crippen LogP contribution in [-0.2, 0) is 0 Å². The third kappa shape index (κ3) is 3.09. The Kier molecular flexibility index (Phi) is 3.55. The monoisotopic (exact) mass is 310 g/mol. The van der Waals surface area contributed by atoms with Crippen molar-refractivity contribution in [3.05, 3.63) is 36.2 Å². The van der Waals surface area contributed by atoms with E-state index in [-0.39, 0.29) is 0 Å². The molecule has 7 heteroatoms. The Morgan fingerprint density at radius 1 is 1.39 bits per heavy atom. The summed E-state index contributed by atoms with van der Waals surface area (Å²) >= 11 is 0. The molecule has 3 N–H and O–H groups in total. The van der Waals surface area contributed by atoms with Crippen LogP contribution in [0.2, 0.25) is 0 Å². The molecule has 0 spiro atoms. The van der Waals surface area contributed by atoms with Crippen molar-refractivity contribution in [2.45, 2.75) is 12.8 Å². The second kappa shape index (κ2) is 5.85. The lowest BCUT2D eigenvalue weighted by Crippen LogP contribution is -2.16. The van der Waals surface area contributed by atoms with Crippen LogP contribution in [0, 0.1) is 5.92 Å². The van der Waals surface area contributed by atoms with Crippen LogP contribution in [0.25, 0.3) is 23.3 Å². The zero-order chi connectivity index (χ0) is 15.6. The molecule has 0 aromatic carbocycles. The highest BCUT2D eigenvalue weighted by molar-refractivity contribution is 5.59. The van der Waals surface area contributed by atoms with E-state index in [0.717, 1.165) is 24.7 Å². The lowest BCUT2D eigenvalue weighted by Gasteiger charge is -2.00. The summed E-state index contributed by atoms with van der Waals surface area (Å²) in [7, 11) is 0. The highest BCUT2D eigenvalue weighted by Crippen LogP contribution is 2.27. The standard InChI is InChI=1S/C16H18N6O/c17-16-19-12(3-1-7-18-10-11-5-6-11)9-14-20-15(21-22(14)16)13-4-2-8-23-13/h1-4,8-9,11,18H,5-7,10H2,(H2,17,19). The van der Waals surface area contributed by atoms with Crippen molar-refractivity contribution in [2.24, 2.45) is 5.92 Å². The Hall–Kier alpha value is -2.67. The Morgan fingerprint density at radius 3 is 3.09 bits per heavy atom. The molecule has 23 heavy (non-hydrogen) atoms. The van der Waals surface area contributed by atoms with Crippen LogP contribution in [0.1, 0.15) is 18.5 Å². The fraction of sp³-hybridized carbons (Fsp3) is 0.312. The second-order valence-electron chi connectivity index (χ2n) is 5.73. The summed E-state index contributed by atoms with van der Waals surface area (Å²) < 4.78 is 6.83. The molecule has 0 saturated heterocycles. The maximum absolute atomic E-state index is 5.97. The summed E-state index contributed by atoms with van der Waals surface area (Å²) in [6.45, 7) is 1.92. The van der Waals surface area contributed by atoms with Crippen LogP contribution >= 0.6 is 0 Å². The molecule has 0 bridgehead atoms. The van der Waals surface area contributed by atoms with E-state index in [1.165, 1.54) is 17.4 Å². The van der Waals surface area contributed by atoms with Gasteiger partial charge in [0.2, 0.25) is 11.8 Å². The smallest absolute Gasteiger partial charge is 0.223 e. The summed E-state index contributed by atoms with van der Waals surface area (Å²) in [6.07, 6.45) is 8.29. The van der Waals surface area contributed by atoms with E-state index in [4.69, 9.17) is 10.2 Å². The third-order valence-corrected chi connectivity index (χ3v) is 3.79. The van der Waals surface area contributed by atoms with Crippen molar-refractivity contribution in [3.8, 4) is 11.6 Å². The Bertz CT molecular complexity index is 832. The largest absolute Gasteiger partial charge is 0.461 e. The van der Waals surface area contributed by atoms with Gasteiger partial charge in [-0.3, -0.25) is 0 Å². The SMILES string of the molecule is Nc1nc(C=CCNCC2CC2)cc2nc(-c3ccco3)nn12. The van der Waals surface area contributed by atoms with Crippen LogP contribution in [0.15, 0.2) is 35.0 Å². The van der Waals surface area contributed by atoms with Gasteiger partial charge in [-0.25, -0.2) is 9.97 Å². The molecular weight excluding hydrogens is 292 g/mol. The minimum Gasteiger partial charge on any atom is -0.461 e. The fourth-order valence-corrected chi connectivity index (χ4v) is 2.40. The Morgan fingerprint density at radius 2 is 2.30 bits per heavy atom. The van der Waals surface area contributed by atoms with E-state index in [1.807, 2.05) is 24.3 Å². The van der Waals surface area contributed by atoms with E-state index < -0.39 is 0 Å². The van der Waals surface area contributed by atoms with Gasteiger partial charge in [-0.1, -0.05) is 6.08 Å². The molecule has 0 atom stereocenters. The van der Waals surface area contributed by atoms with Gasteiger partial charge >= 0.3 is 0 Å². The summed E-state index contributed by atoms with van der Waals surface area (Å²) in [5, 5.41) is 7.72. The first kappa shape index (κ1) is 14.0. The van der Waals surface area contributed by atoms with Crippen molar-refractivity contribution in [2.75, 3.05) is 18.8 Å². The van der Waals surface area contributed by atoms with Crippen molar-refractivity contribution in [3.63, 3.8) is 0 Å². The number of nitrogen functional groups attached to an aromatic ring is 1. The third-order valence-electron chi connectivity index (χ3n) is 3.79. The van der Waals surface area contributed by atoms with Crippen LogP contribution in [0.5, 0.6) is 0 Å². The Labute approximate surface area is 133 Å². The molecule has 3 aromatic heterocycles. The van der Waals surface area contributed by atoms with Crippen LogP contribution in [0.4, 0.5) is 5.95 Å². The minimum absolute atomic E-state index is 0.304. The number of aromatic nitrogens is 4. The van der Waals surface area contributed by atoms with Gasteiger partial charge in [0, 0.05) is 12.6 Å². The van der Waals surface area contributed by atoms with Gasteiger partial charge in [0.15, 0.2) is 11.4 Å². The molecule has 1 fully saturated rings. The van der Waals surface area contributed by atoms with Crippen LogP contribution < -0.4 is 11.1 Å². The first-order valence-corrected chi connectivity index (χ1v) is 7.74. The zero-order valence-electron chi connectivity index (χ0n) is 12.6. The molecule has 118 valence electrons. The molecule has 0 amide bonds.